The predicted molar refractivity (Wildman–Crippen MR) is 56.2 cm³/mol. The van der Waals surface area contributed by atoms with Gasteiger partial charge in [0, 0.05) is 0 Å². The monoisotopic (exact) mass is 210 g/mol. The van der Waals surface area contributed by atoms with Gasteiger partial charge in [-0.3, -0.25) is 0 Å². The van der Waals surface area contributed by atoms with Crippen LogP contribution in [0.5, 0.6) is 0 Å². The molecule has 4 nitrogen and oxygen atoms in total. The van der Waals surface area contributed by atoms with Gasteiger partial charge in [-0.25, -0.2) is 19.9 Å². The van der Waals surface area contributed by atoms with Crippen molar-refractivity contribution in [1.82, 2.24) is 15.0 Å². The van der Waals surface area contributed by atoms with E-state index in [9.17, 15) is 0 Å². The van der Waals surface area contributed by atoms with Crippen LogP contribution in [0.3, 0.4) is 0 Å². The molecule has 0 bridgehead atoms. The van der Waals surface area contributed by atoms with Gasteiger partial charge in [-0.1, -0.05) is 0 Å². The summed E-state index contributed by atoms with van der Waals surface area (Å²) in [5.74, 6) is 0.561. The molecule has 2 rings (SSSR count). The maximum absolute atomic E-state index is 4.35. The normalized spacial score (nSPS) is 10.5. The molecule has 0 N–H and O–H groups in total. The molecule has 0 aromatic carbocycles. The van der Waals surface area contributed by atoms with E-state index in [1.165, 1.54) is 23.1 Å². The minimum atomic E-state index is 0.561. The Bertz CT molecular complexity index is 451. The van der Waals surface area contributed by atoms with Gasteiger partial charge in [-0.2, -0.15) is 0 Å². The van der Waals surface area contributed by atoms with Crippen LogP contribution in [0.2, 0.25) is 0 Å². The second kappa shape index (κ2) is 3.39. The first-order valence-corrected chi connectivity index (χ1v) is 5.57. The molecule has 2 aromatic heterocycles. The van der Waals surface area contributed by atoms with Gasteiger partial charge in [0.1, 0.15) is 5.03 Å². The van der Waals surface area contributed by atoms with Crippen LogP contribution in [0.15, 0.2) is 15.5 Å². The van der Waals surface area contributed by atoms with Crippen LogP contribution in [0.1, 0.15) is 0 Å². The summed E-state index contributed by atoms with van der Waals surface area (Å²) in [6.07, 6.45) is 1.94. The van der Waals surface area contributed by atoms with Crippen molar-refractivity contribution in [1.29, 1.82) is 0 Å². The SMILES string of the molecule is C=Nc1nc2ncsc2nc1SC. The lowest BCUT2D eigenvalue weighted by molar-refractivity contribution is 1.11. The molecule has 66 valence electrons. The third kappa shape index (κ3) is 1.42. The minimum absolute atomic E-state index is 0.561. The summed E-state index contributed by atoms with van der Waals surface area (Å²) in [6, 6.07) is 0. The topological polar surface area (TPSA) is 51.0 Å². The molecule has 0 amide bonds. The largest absolute Gasteiger partial charge is 0.243 e. The Morgan fingerprint density at radius 1 is 1.54 bits per heavy atom. The molecule has 0 fully saturated rings. The third-order valence-corrected chi connectivity index (χ3v) is 2.85. The second-order valence-electron chi connectivity index (χ2n) is 2.20. The Balaban J connectivity index is 2.73. The zero-order chi connectivity index (χ0) is 9.26. The van der Waals surface area contributed by atoms with Gasteiger partial charge in [0.25, 0.3) is 0 Å². The number of hydrogen-bond acceptors (Lipinski definition) is 6. The van der Waals surface area contributed by atoms with Crippen LogP contribution in [-0.4, -0.2) is 27.9 Å². The van der Waals surface area contributed by atoms with Crippen molar-refractivity contribution in [2.75, 3.05) is 6.26 Å². The summed E-state index contributed by atoms with van der Waals surface area (Å²) < 4.78 is 0. The lowest BCUT2D eigenvalue weighted by Gasteiger charge is -1.98. The van der Waals surface area contributed by atoms with E-state index >= 15 is 0 Å². The molecule has 2 heterocycles. The number of aliphatic imine (C=N–C) groups is 1. The Morgan fingerprint density at radius 2 is 2.38 bits per heavy atom. The first-order valence-electron chi connectivity index (χ1n) is 3.47. The summed E-state index contributed by atoms with van der Waals surface area (Å²) in [7, 11) is 0. The highest BCUT2D eigenvalue weighted by Crippen LogP contribution is 2.26. The van der Waals surface area contributed by atoms with Crippen molar-refractivity contribution in [2.45, 2.75) is 5.03 Å². The van der Waals surface area contributed by atoms with E-state index in [0.717, 1.165) is 9.86 Å². The number of rotatable bonds is 2. The lowest BCUT2D eigenvalue weighted by Crippen LogP contribution is -1.85. The smallest absolute Gasteiger partial charge is 0.191 e. The van der Waals surface area contributed by atoms with E-state index in [4.69, 9.17) is 0 Å². The van der Waals surface area contributed by atoms with Crippen LogP contribution in [0, 0.1) is 0 Å². The van der Waals surface area contributed by atoms with Crippen molar-refractivity contribution in [2.24, 2.45) is 4.99 Å². The van der Waals surface area contributed by atoms with Gasteiger partial charge < -0.3 is 0 Å². The predicted octanol–water partition coefficient (Wildman–Crippen LogP) is 2.14. The number of nitrogens with zero attached hydrogens (tertiary/aromatic N) is 4. The Morgan fingerprint density at radius 3 is 3.08 bits per heavy atom. The van der Waals surface area contributed by atoms with Crippen molar-refractivity contribution < 1.29 is 0 Å². The Labute approximate surface area is 83.2 Å². The van der Waals surface area contributed by atoms with E-state index in [-0.39, 0.29) is 0 Å². The van der Waals surface area contributed by atoms with Crippen LogP contribution in [0.25, 0.3) is 10.5 Å². The van der Waals surface area contributed by atoms with Gasteiger partial charge in [-0.05, 0) is 13.0 Å². The zero-order valence-corrected chi connectivity index (χ0v) is 8.52. The Kier molecular flexibility index (Phi) is 2.24. The number of aromatic nitrogens is 3. The van der Waals surface area contributed by atoms with E-state index < -0.39 is 0 Å². The fraction of sp³-hybridized carbons (Fsp3) is 0.143. The summed E-state index contributed by atoms with van der Waals surface area (Å²) >= 11 is 2.99. The molecule has 0 saturated heterocycles. The maximum atomic E-state index is 4.35. The van der Waals surface area contributed by atoms with Crippen LogP contribution >= 0.6 is 23.1 Å². The number of hydrogen-bond donors (Lipinski definition) is 0. The van der Waals surface area contributed by atoms with E-state index in [1.54, 1.807) is 5.51 Å². The average molecular weight is 210 g/mol. The van der Waals surface area contributed by atoms with Gasteiger partial charge in [-0.15, -0.1) is 23.1 Å². The van der Waals surface area contributed by atoms with Crippen LogP contribution < -0.4 is 0 Å². The molecular weight excluding hydrogens is 204 g/mol. The summed E-state index contributed by atoms with van der Waals surface area (Å²) in [4.78, 5) is 17.2. The Hall–Kier alpha value is -1.01. The standard InChI is InChI=1S/C7H6N4S2/c1-8-4-6(12-2)11-7-5(10-4)9-3-13-7/h3H,1H2,2H3. The van der Waals surface area contributed by atoms with Gasteiger partial charge >= 0.3 is 0 Å². The van der Waals surface area contributed by atoms with Crippen molar-refractivity contribution in [3.63, 3.8) is 0 Å². The summed E-state index contributed by atoms with van der Waals surface area (Å²) in [5.41, 5.74) is 2.37. The molecule has 0 radical (unpaired) electrons. The zero-order valence-electron chi connectivity index (χ0n) is 6.89. The molecular formula is C7H6N4S2. The van der Waals surface area contributed by atoms with E-state index in [1.807, 2.05) is 6.26 Å². The number of fused-ring (bicyclic) bond motifs is 1. The van der Waals surface area contributed by atoms with Crippen LogP contribution in [-0.2, 0) is 0 Å². The molecule has 0 aliphatic rings. The molecule has 0 aliphatic heterocycles. The molecule has 2 aromatic rings. The lowest BCUT2D eigenvalue weighted by atomic mass is 10.6. The first-order chi connectivity index (χ1) is 6.35. The molecule has 0 atom stereocenters. The fourth-order valence-electron chi connectivity index (χ4n) is 0.917. The van der Waals surface area contributed by atoms with Crippen LogP contribution in [0.4, 0.5) is 5.82 Å². The average Bonchev–Trinajstić information content (AvgIpc) is 2.62. The summed E-state index contributed by atoms with van der Waals surface area (Å²) in [5, 5.41) is 0.798. The third-order valence-electron chi connectivity index (χ3n) is 1.48. The number of thioether (sulfide) groups is 1. The molecule has 6 heteroatoms. The highest BCUT2D eigenvalue weighted by molar-refractivity contribution is 7.98. The maximum Gasteiger partial charge on any atom is 0.191 e. The first kappa shape index (κ1) is 8.58. The highest BCUT2D eigenvalue weighted by Gasteiger charge is 2.07. The van der Waals surface area contributed by atoms with Crippen molar-refractivity contribution in [3.8, 4) is 0 Å². The molecule has 13 heavy (non-hydrogen) atoms. The fourth-order valence-corrected chi connectivity index (χ4v) is 2.05. The molecule has 0 spiro atoms. The summed E-state index contributed by atoms with van der Waals surface area (Å²) in [6.45, 7) is 3.44. The van der Waals surface area contributed by atoms with E-state index in [0.29, 0.717) is 11.5 Å². The highest BCUT2D eigenvalue weighted by atomic mass is 32.2. The molecule has 0 aliphatic carbocycles. The number of thiazole rings is 1. The van der Waals surface area contributed by atoms with Crippen molar-refractivity contribution >= 4 is 46.1 Å². The minimum Gasteiger partial charge on any atom is -0.243 e. The molecule has 0 unspecified atom stereocenters. The quantitative estimate of drug-likeness (QED) is 0.563. The molecule has 0 saturated carbocycles. The van der Waals surface area contributed by atoms with Gasteiger partial charge in [0.15, 0.2) is 16.3 Å². The van der Waals surface area contributed by atoms with E-state index in [2.05, 4.69) is 26.7 Å². The van der Waals surface area contributed by atoms with Gasteiger partial charge in [0.2, 0.25) is 0 Å². The van der Waals surface area contributed by atoms with Gasteiger partial charge in [0.05, 0.1) is 5.51 Å². The van der Waals surface area contributed by atoms with Crippen molar-refractivity contribution in [3.05, 3.63) is 5.51 Å². The second-order valence-corrected chi connectivity index (χ2v) is 3.82.